The van der Waals surface area contributed by atoms with E-state index in [1.54, 1.807) is 0 Å². The predicted octanol–water partition coefficient (Wildman–Crippen LogP) is 5.53. The third-order valence-electron chi connectivity index (χ3n) is 7.00. The van der Waals surface area contributed by atoms with Gasteiger partial charge in [0, 0.05) is 10.8 Å². The van der Waals surface area contributed by atoms with Gasteiger partial charge in [-0.15, -0.1) is 0 Å². The first-order valence-corrected chi connectivity index (χ1v) is 13.9. The summed E-state index contributed by atoms with van der Waals surface area (Å²) in [5, 5.41) is 7.92. The smallest absolute Gasteiger partial charge is 0.179 e. The van der Waals surface area contributed by atoms with Gasteiger partial charge in [0.1, 0.15) is 11.2 Å². The molecule has 0 unspecified atom stereocenters. The minimum absolute atomic E-state index is 0.948. The molecule has 6 rings (SSSR count). The van der Waals surface area contributed by atoms with Crippen LogP contribution in [0, 0.1) is 0 Å². The van der Waals surface area contributed by atoms with Crippen molar-refractivity contribution in [3.63, 3.8) is 0 Å². The molecule has 0 amide bonds. The standard InChI is InChI=1S/C32H26OSi/c1-2-24-18-20-31-29(22-24)30-23-28(19-21-32(30)33-31)34(25-12-6-3-7-13-25,26-14-8-4-9-15-26)27-16-10-5-11-17-27/h3-23H,2H2,1H3. The van der Waals surface area contributed by atoms with E-state index < -0.39 is 8.07 Å². The van der Waals surface area contributed by atoms with Crippen LogP contribution in [0.4, 0.5) is 0 Å². The van der Waals surface area contributed by atoms with Crippen molar-refractivity contribution in [3.05, 3.63) is 133 Å². The Balaban J connectivity index is 1.73. The van der Waals surface area contributed by atoms with E-state index in [2.05, 4.69) is 134 Å². The van der Waals surface area contributed by atoms with Gasteiger partial charge >= 0.3 is 0 Å². The Bertz CT molecular complexity index is 1470. The van der Waals surface area contributed by atoms with E-state index in [4.69, 9.17) is 4.42 Å². The number of fused-ring (bicyclic) bond motifs is 3. The maximum Gasteiger partial charge on any atom is 0.179 e. The minimum atomic E-state index is -2.54. The van der Waals surface area contributed by atoms with E-state index in [0.717, 1.165) is 17.6 Å². The number of hydrogen-bond acceptors (Lipinski definition) is 1. The highest BCUT2D eigenvalue weighted by Crippen LogP contribution is 2.29. The molecule has 0 spiro atoms. The first-order valence-electron chi connectivity index (χ1n) is 11.9. The molecule has 0 aliphatic heterocycles. The molecule has 5 aromatic carbocycles. The number of benzene rings is 5. The monoisotopic (exact) mass is 454 g/mol. The lowest BCUT2D eigenvalue weighted by atomic mass is 10.1. The van der Waals surface area contributed by atoms with Gasteiger partial charge in [-0.25, -0.2) is 0 Å². The first kappa shape index (κ1) is 20.7. The van der Waals surface area contributed by atoms with Crippen molar-refractivity contribution in [2.75, 3.05) is 0 Å². The summed E-state index contributed by atoms with van der Waals surface area (Å²) >= 11 is 0. The normalized spacial score (nSPS) is 11.8. The molecular weight excluding hydrogens is 428 g/mol. The highest BCUT2D eigenvalue weighted by atomic mass is 28.3. The van der Waals surface area contributed by atoms with Crippen LogP contribution in [0.5, 0.6) is 0 Å². The molecule has 6 aromatic rings. The molecule has 0 N–H and O–H groups in total. The van der Waals surface area contributed by atoms with Crippen LogP contribution < -0.4 is 20.7 Å². The van der Waals surface area contributed by atoms with Crippen molar-refractivity contribution in [1.82, 2.24) is 0 Å². The van der Waals surface area contributed by atoms with Crippen LogP contribution in [0.2, 0.25) is 0 Å². The summed E-state index contributed by atoms with van der Waals surface area (Å²) in [6, 6.07) is 46.6. The van der Waals surface area contributed by atoms with Gasteiger partial charge in [0.05, 0.1) is 0 Å². The van der Waals surface area contributed by atoms with Crippen LogP contribution in [0.15, 0.2) is 132 Å². The SMILES string of the molecule is CCc1ccc2oc3ccc([Si](c4ccccc4)(c4ccccc4)c4ccccc4)cc3c2c1. The lowest BCUT2D eigenvalue weighted by Gasteiger charge is -2.34. The van der Waals surface area contributed by atoms with Gasteiger partial charge in [-0.2, -0.15) is 0 Å². The maximum absolute atomic E-state index is 6.25. The van der Waals surface area contributed by atoms with Gasteiger partial charge in [0.25, 0.3) is 0 Å². The molecule has 1 aromatic heterocycles. The summed E-state index contributed by atoms with van der Waals surface area (Å²) in [5.41, 5.74) is 3.23. The fourth-order valence-electron chi connectivity index (χ4n) is 5.34. The van der Waals surface area contributed by atoms with E-state index in [1.807, 2.05) is 0 Å². The fraction of sp³-hybridized carbons (Fsp3) is 0.0625. The molecule has 0 radical (unpaired) electrons. The first-order chi connectivity index (χ1) is 16.8. The average molecular weight is 455 g/mol. The molecule has 0 aliphatic rings. The fourth-order valence-corrected chi connectivity index (χ4v) is 10.1. The summed E-state index contributed by atoms with van der Waals surface area (Å²) < 4.78 is 6.25. The number of aryl methyl sites for hydroxylation is 1. The molecule has 1 nitrogen and oxygen atoms in total. The quantitative estimate of drug-likeness (QED) is 0.247. The molecular formula is C32H26OSi. The molecule has 0 bridgehead atoms. The van der Waals surface area contributed by atoms with Crippen molar-refractivity contribution in [2.24, 2.45) is 0 Å². The molecule has 34 heavy (non-hydrogen) atoms. The van der Waals surface area contributed by atoms with Crippen molar-refractivity contribution in [2.45, 2.75) is 13.3 Å². The second-order valence-corrected chi connectivity index (χ2v) is 12.7. The van der Waals surface area contributed by atoms with Crippen molar-refractivity contribution in [1.29, 1.82) is 0 Å². The van der Waals surface area contributed by atoms with E-state index in [1.165, 1.54) is 37.1 Å². The summed E-state index contributed by atoms with van der Waals surface area (Å²) in [6.45, 7) is 2.20. The van der Waals surface area contributed by atoms with E-state index in [9.17, 15) is 0 Å². The predicted molar refractivity (Wildman–Crippen MR) is 147 cm³/mol. The zero-order valence-corrected chi connectivity index (χ0v) is 20.2. The van der Waals surface area contributed by atoms with Crippen LogP contribution in [-0.2, 0) is 6.42 Å². The summed E-state index contributed by atoms with van der Waals surface area (Å²) in [5.74, 6) is 0. The highest BCUT2D eigenvalue weighted by molar-refractivity contribution is 7.20. The Kier molecular flexibility index (Phi) is 5.16. The molecule has 164 valence electrons. The molecule has 1 heterocycles. The zero-order chi connectivity index (χ0) is 23.0. The molecule has 0 saturated carbocycles. The van der Waals surface area contributed by atoms with Gasteiger partial charge < -0.3 is 4.42 Å². The van der Waals surface area contributed by atoms with Crippen molar-refractivity contribution in [3.8, 4) is 0 Å². The highest BCUT2D eigenvalue weighted by Gasteiger charge is 2.41. The second kappa shape index (κ2) is 8.47. The summed E-state index contributed by atoms with van der Waals surface area (Å²) in [7, 11) is -2.54. The Morgan fingerprint density at radius 1 is 0.500 bits per heavy atom. The lowest BCUT2D eigenvalue weighted by Crippen LogP contribution is -2.74. The third kappa shape index (κ3) is 3.22. The second-order valence-electron chi connectivity index (χ2n) is 8.85. The number of rotatable bonds is 5. The van der Waals surface area contributed by atoms with Crippen LogP contribution in [0.1, 0.15) is 12.5 Å². The Morgan fingerprint density at radius 3 is 1.47 bits per heavy atom. The van der Waals surface area contributed by atoms with Gasteiger partial charge in [0.2, 0.25) is 0 Å². The topological polar surface area (TPSA) is 13.1 Å². The summed E-state index contributed by atoms with van der Waals surface area (Å²) in [4.78, 5) is 0. The minimum Gasteiger partial charge on any atom is -0.456 e. The van der Waals surface area contributed by atoms with Crippen LogP contribution >= 0.6 is 0 Å². The van der Waals surface area contributed by atoms with Gasteiger partial charge in [-0.05, 0) is 50.9 Å². The van der Waals surface area contributed by atoms with E-state index >= 15 is 0 Å². The molecule has 0 atom stereocenters. The van der Waals surface area contributed by atoms with Crippen LogP contribution in [-0.4, -0.2) is 8.07 Å². The Hall–Kier alpha value is -3.88. The number of hydrogen-bond donors (Lipinski definition) is 0. The molecule has 0 saturated heterocycles. The molecule has 0 aliphatic carbocycles. The van der Waals surface area contributed by atoms with Gasteiger partial charge in [-0.1, -0.05) is 116 Å². The largest absolute Gasteiger partial charge is 0.456 e. The average Bonchev–Trinajstić information content (AvgIpc) is 3.28. The van der Waals surface area contributed by atoms with Crippen molar-refractivity contribution < 1.29 is 4.42 Å². The summed E-state index contributed by atoms with van der Waals surface area (Å²) in [6.07, 6.45) is 1.01. The van der Waals surface area contributed by atoms with Crippen molar-refractivity contribution >= 4 is 50.8 Å². The van der Waals surface area contributed by atoms with Crippen LogP contribution in [0.3, 0.4) is 0 Å². The third-order valence-corrected chi connectivity index (χ3v) is 11.8. The Labute approximate surface area is 201 Å². The maximum atomic E-state index is 6.25. The number of furan rings is 1. The van der Waals surface area contributed by atoms with Gasteiger partial charge in [-0.3, -0.25) is 0 Å². The molecule has 0 fully saturated rings. The van der Waals surface area contributed by atoms with Gasteiger partial charge in [0.15, 0.2) is 8.07 Å². The van der Waals surface area contributed by atoms with E-state index in [-0.39, 0.29) is 0 Å². The Morgan fingerprint density at radius 2 is 0.971 bits per heavy atom. The van der Waals surface area contributed by atoms with E-state index in [0.29, 0.717) is 0 Å². The zero-order valence-electron chi connectivity index (χ0n) is 19.2. The lowest BCUT2D eigenvalue weighted by molar-refractivity contribution is 0.669. The van der Waals surface area contributed by atoms with Crippen LogP contribution in [0.25, 0.3) is 21.9 Å². The molecule has 2 heteroatoms.